The first-order valence-corrected chi connectivity index (χ1v) is 9.35. The fraction of sp³-hybridized carbons (Fsp3) is 0.318. The molecule has 2 atom stereocenters. The summed E-state index contributed by atoms with van der Waals surface area (Å²) in [6.45, 7) is 4.65. The maximum atomic E-state index is 14.2. The van der Waals surface area contributed by atoms with Crippen molar-refractivity contribution in [2.24, 2.45) is 0 Å². The number of amides is 1. The largest absolute Gasteiger partial charge is 0.444 e. The van der Waals surface area contributed by atoms with Gasteiger partial charge < -0.3 is 10.1 Å². The lowest BCUT2D eigenvalue weighted by atomic mass is 9.88. The summed E-state index contributed by atoms with van der Waals surface area (Å²) in [6, 6.07) is 7.80. The molecule has 0 aliphatic heterocycles. The number of carbonyl (C=O) groups is 2. The van der Waals surface area contributed by atoms with Crippen molar-refractivity contribution >= 4 is 11.9 Å². The van der Waals surface area contributed by atoms with Gasteiger partial charge >= 0.3 is 6.09 Å². The third-order valence-electron chi connectivity index (χ3n) is 4.26. The van der Waals surface area contributed by atoms with Gasteiger partial charge in [-0.1, -0.05) is 30.3 Å². The van der Waals surface area contributed by atoms with Crippen LogP contribution < -0.4 is 5.32 Å². The van der Waals surface area contributed by atoms with Crippen LogP contribution in [0.15, 0.2) is 30.3 Å². The van der Waals surface area contributed by atoms with Crippen molar-refractivity contribution in [1.29, 1.82) is 5.26 Å². The summed E-state index contributed by atoms with van der Waals surface area (Å²) in [7, 11) is 0. The Morgan fingerprint density at radius 2 is 1.47 bits per heavy atom. The minimum absolute atomic E-state index is 0.230. The molecular formula is C22H19F5N2O3. The van der Waals surface area contributed by atoms with Gasteiger partial charge in [0.15, 0.2) is 29.1 Å². The van der Waals surface area contributed by atoms with Gasteiger partial charge in [-0.2, -0.15) is 5.26 Å². The van der Waals surface area contributed by atoms with Crippen molar-refractivity contribution in [3.8, 4) is 6.07 Å². The molecule has 32 heavy (non-hydrogen) atoms. The number of hydrogen-bond acceptors (Lipinski definition) is 4. The van der Waals surface area contributed by atoms with Crippen molar-refractivity contribution in [1.82, 2.24) is 5.32 Å². The van der Waals surface area contributed by atoms with Crippen LogP contribution in [0.5, 0.6) is 0 Å². The Kier molecular flexibility index (Phi) is 7.56. The number of halogens is 5. The van der Waals surface area contributed by atoms with E-state index in [1.807, 2.05) is 0 Å². The van der Waals surface area contributed by atoms with Crippen LogP contribution in [0, 0.1) is 40.4 Å². The summed E-state index contributed by atoms with van der Waals surface area (Å²) in [5.41, 5.74) is -2.05. The van der Waals surface area contributed by atoms with Gasteiger partial charge in [-0.05, 0) is 32.8 Å². The van der Waals surface area contributed by atoms with Gasteiger partial charge in [0.2, 0.25) is 5.82 Å². The number of nitrogens with one attached hydrogen (secondary N) is 1. The molecule has 5 nitrogen and oxygen atoms in total. The van der Waals surface area contributed by atoms with Gasteiger partial charge in [0, 0.05) is 0 Å². The molecule has 10 heteroatoms. The zero-order valence-electron chi connectivity index (χ0n) is 17.3. The van der Waals surface area contributed by atoms with Crippen LogP contribution in [0.1, 0.15) is 37.8 Å². The number of hydrogen-bond donors (Lipinski definition) is 1. The zero-order valence-corrected chi connectivity index (χ0v) is 17.3. The second kappa shape index (κ2) is 9.77. The summed E-state index contributed by atoms with van der Waals surface area (Å²) < 4.78 is 74.2. The molecule has 0 saturated heterocycles. The van der Waals surface area contributed by atoms with Crippen molar-refractivity contribution in [2.45, 2.75) is 44.8 Å². The number of benzene rings is 2. The molecule has 0 heterocycles. The Labute approximate surface area is 180 Å². The molecule has 0 radical (unpaired) electrons. The molecule has 0 fully saturated rings. The van der Waals surface area contributed by atoms with Gasteiger partial charge in [0.25, 0.3) is 0 Å². The smallest absolute Gasteiger partial charge is 0.408 e. The second-order valence-electron chi connectivity index (χ2n) is 7.84. The Morgan fingerprint density at radius 3 is 1.94 bits per heavy atom. The minimum atomic E-state index is -2.42. The van der Waals surface area contributed by atoms with E-state index in [0.29, 0.717) is 5.56 Å². The van der Waals surface area contributed by atoms with E-state index in [9.17, 15) is 36.8 Å². The number of ketones is 1. The number of Topliss-reactive ketones (excluding diaryl/α,β-unsaturated/α-hetero) is 1. The van der Waals surface area contributed by atoms with Crippen LogP contribution in [-0.4, -0.2) is 23.5 Å². The van der Waals surface area contributed by atoms with E-state index in [0.717, 1.165) is 0 Å². The minimum Gasteiger partial charge on any atom is -0.444 e. The lowest BCUT2D eigenvalue weighted by molar-refractivity contribution is -0.121. The molecule has 0 aliphatic carbocycles. The molecule has 1 unspecified atom stereocenters. The van der Waals surface area contributed by atoms with Crippen molar-refractivity contribution in [2.75, 3.05) is 0 Å². The van der Waals surface area contributed by atoms with Gasteiger partial charge in [-0.15, -0.1) is 0 Å². The van der Waals surface area contributed by atoms with Gasteiger partial charge in [0.05, 0.1) is 17.7 Å². The van der Waals surface area contributed by atoms with Crippen molar-refractivity contribution in [3.05, 3.63) is 70.5 Å². The van der Waals surface area contributed by atoms with E-state index >= 15 is 0 Å². The molecule has 2 rings (SSSR count). The zero-order chi connectivity index (χ0) is 24.2. The van der Waals surface area contributed by atoms with Crippen LogP contribution in [-0.2, 0) is 16.0 Å². The average molecular weight is 454 g/mol. The number of nitriles is 1. The first kappa shape index (κ1) is 24.8. The Balaban J connectivity index is 2.49. The maximum absolute atomic E-state index is 14.2. The molecule has 1 amide bonds. The number of rotatable bonds is 6. The fourth-order valence-corrected chi connectivity index (χ4v) is 2.87. The molecule has 0 saturated carbocycles. The SMILES string of the molecule is CC(C)(C)OC(=O)N[C@@H](Cc1ccccc1)C(=O)C(C#N)c1c(F)c(F)c(F)c(F)c1F. The van der Waals surface area contributed by atoms with Crippen molar-refractivity contribution in [3.63, 3.8) is 0 Å². The Bertz CT molecular complexity index is 1030. The first-order valence-electron chi connectivity index (χ1n) is 9.35. The summed E-state index contributed by atoms with van der Waals surface area (Å²) >= 11 is 0. The highest BCUT2D eigenvalue weighted by molar-refractivity contribution is 5.95. The molecule has 0 spiro atoms. The number of nitrogens with zero attached hydrogens (tertiary/aromatic N) is 1. The van der Waals surface area contributed by atoms with Crippen LogP contribution in [0.2, 0.25) is 0 Å². The van der Waals surface area contributed by atoms with Crippen LogP contribution >= 0.6 is 0 Å². The first-order chi connectivity index (χ1) is 14.9. The standard InChI is InChI=1S/C22H19F5N2O3/c1-22(2,3)32-21(31)29-13(9-11-7-5-4-6-8-11)20(30)12(10-28)14-15(23)17(25)19(27)18(26)16(14)24/h4-8,12-13H,9H2,1-3H3,(H,29,31)/t12?,13-/m0/s1. The predicted octanol–water partition coefficient (Wildman–Crippen LogP) is 4.69. The molecule has 1 N–H and O–H groups in total. The summed E-state index contributed by atoms with van der Waals surface area (Å²) in [4.78, 5) is 25.2. The maximum Gasteiger partial charge on any atom is 0.408 e. The van der Waals surface area contributed by atoms with E-state index in [4.69, 9.17) is 4.74 Å². The summed E-state index contributed by atoms with van der Waals surface area (Å²) in [5, 5.41) is 11.6. The van der Waals surface area contributed by atoms with Crippen LogP contribution in [0.4, 0.5) is 26.7 Å². The highest BCUT2D eigenvalue weighted by Crippen LogP contribution is 2.30. The molecule has 2 aromatic rings. The molecule has 0 aromatic heterocycles. The predicted molar refractivity (Wildman–Crippen MR) is 103 cm³/mol. The lowest BCUT2D eigenvalue weighted by Gasteiger charge is -2.24. The van der Waals surface area contributed by atoms with E-state index in [-0.39, 0.29) is 6.42 Å². The number of ether oxygens (including phenoxy) is 1. The van der Waals surface area contributed by atoms with E-state index in [1.165, 1.54) is 6.07 Å². The highest BCUT2D eigenvalue weighted by atomic mass is 19.2. The molecular weight excluding hydrogens is 435 g/mol. The lowest BCUT2D eigenvalue weighted by Crippen LogP contribution is -2.46. The molecule has 0 aliphatic rings. The summed E-state index contributed by atoms with van der Waals surface area (Å²) in [5.74, 6) is -15.2. The van der Waals surface area contributed by atoms with Crippen LogP contribution in [0.25, 0.3) is 0 Å². The molecule has 170 valence electrons. The fourth-order valence-electron chi connectivity index (χ4n) is 2.87. The highest BCUT2D eigenvalue weighted by Gasteiger charge is 2.38. The number of alkyl carbamates (subject to hydrolysis) is 1. The van der Waals surface area contributed by atoms with Crippen LogP contribution in [0.3, 0.4) is 0 Å². The normalized spacial score (nSPS) is 13.1. The van der Waals surface area contributed by atoms with Gasteiger partial charge in [-0.25, -0.2) is 26.7 Å². The molecule has 0 bridgehead atoms. The Morgan fingerprint density at radius 1 is 0.969 bits per heavy atom. The van der Waals surface area contributed by atoms with E-state index < -0.39 is 64.1 Å². The monoisotopic (exact) mass is 454 g/mol. The third-order valence-corrected chi connectivity index (χ3v) is 4.26. The second-order valence-corrected chi connectivity index (χ2v) is 7.84. The van der Waals surface area contributed by atoms with E-state index in [2.05, 4.69) is 5.32 Å². The van der Waals surface area contributed by atoms with E-state index in [1.54, 1.807) is 51.1 Å². The van der Waals surface area contributed by atoms with Crippen molar-refractivity contribution < 1.29 is 36.3 Å². The number of carbonyl (C=O) groups excluding carboxylic acids is 2. The summed E-state index contributed by atoms with van der Waals surface area (Å²) in [6.07, 6.45) is -1.30. The molecule has 2 aromatic carbocycles. The topological polar surface area (TPSA) is 79.2 Å². The average Bonchev–Trinajstić information content (AvgIpc) is 2.72. The van der Waals surface area contributed by atoms with Gasteiger partial charge in [-0.3, -0.25) is 4.79 Å². The third kappa shape index (κ3) is 5.60. The Hall–Kier alpha value is -3.48. The van der Waals surface area contributed by atoms with Gasteiger partial charge in [0.1, 0.15) is 11.5 Å². The quantitative estimate of drug-likeness (QED) is 0.390.